The molecule has 0 amide bonds. The van der Waals surface area contributed by atoms with Crippen LogP contribution in [0.5, 0.6) is 0 Å². The molecule has 0 spiro atoms. The molecule has 2 aliphatic carbocycles. The van der Waals surface area contributed by atoms with E-state index in [1.54, 1.807) is 0 Å². The van der Waals surface area contributed by atoms with Crippen LogP contribution in [0.3, 0.4) is 0 Å². The third-order valence-electron chi connectivity index (χ3n) is 5.13. The highest BCUT2D eigenvalue weighted by molar-refractivity contribution is 7.81. The van der Waals surface area contributed by atoms with Gasteiger partial charge in [-0.15, -0.1) is 0 Å². The van der Waals surface area contributed by atoms with Crippen molar-refractivity contribution in [3.8, 4) is 0 Å². The summed E-state index contributed by atoms with van der Waals surface area (Å²) in [6, 6.07) is 7.06. The van der Waals surface area contributed by atoms with Crippen LogP contribution in [0.4, 0.5) is 0 Å². The highest BCUT2D eigenvalue weighted by Crippen LogP contribution is 2.21. The highest BCUT2D eigenvalue weighted by Gasteiger charge is 2.07. The molecule has 0 aliphatic heterocycles. The van der Waals surface area contributed by atoms with Gasteiger partial charge in [0.25, 0.3) is 0 Å². The van der Waals surface area contributed by atoms with Crippen molar-refractivity contribution >= 4 is 34.2 Å². The molecule has 3 rings (SSSR count). The fourth-order valence-electron chi connectivity index (χ4n) is 3.48. The lowest BCUT2D eigenvalue weighted by Gasteiger charge is -2.13. The van der Waals surface area contributed by atoms with Crippen LogP contribution in [0.25, 0.3) is 0 Å². The molecule has 0 unspecified atom stereocenters. The summed E-state index contributed by atoms with van der Waals surface area (Å²) in [5.74, 6) is 0. The maximum absolute atomic E-state index is 5.22. The van der Waals surface area contributed by atoms with Crippen molar-refractivity contribution in [1.29, 1.82) is 0 Å². The lowest BCUT2D eigenvalue weighted by Crippen LogP contribution is -2.00. The Balaban J connectivity index is 1.59. The molecule has 0 heterocycles. The molecule has 0 bridgehead atoms. The third kappa shape index (κ3) is 5.43. The smallest absolute Gasteiger partial charge is 0.0190 e. The van der Waals surface area contributed by atoms with E-state index in [2.05, 4.69) is 61.6 Å². The van der Waals surface area contributed by atoms with Crippen molar-refractivity contribution < 1.29 is 0 Å². The van der Waals surface area contributed by atoms with Crippen molar-refractivity contribution in [1.82, 2.24) is 0 Å². The van der Waals surface area contributed by atoms with Crippen molar-refractivity contribution in [3.63, 3.8) is 0 Å². The quantitative estimate of drug-likeness (QED) is 0.489. The fraction of sp³-hybridized carbons (Fsp3) is 0.333. The van der Waals surface area contributed by atoms with Crippen LogP contribution in [0, 0.1) is 0 Å². The summed E-state index contributed by atoms with van der Waals surface area (Å²) >= 11 is 10.4. The SMILES string of the molecule is CCc1cc(CCC2=CCC(=S)C=C2)ccc1CCC1=CCC(=S)C=C1. The van der Waals surface area contributed by atoms with E-state index < -0.39 is 0 Å². The first-order valence-corrected chi connectivity index (χ1v) is 10.4. The van der Waals surface area contributed by atoms with Gasteiger partial charge < -0.3 is 0 Å². The number of allylic oxidation sites excluding steroid dienone is 8. The Kier molecular flexibility index (Phi) is 6.87. The van der Waals surface area contributed by atoms with Gasteiger partial charge in [0.2, 0.25) is 0 Å². The number of thiocarbonyl (C=S) groups is 2. The molecule has 0 atom stereocenters. The van der Waals surface area contributed by atoms with Gasteiger partial charge in [0.05, 0.1) is 0 Å². The summed E-state index contributed by atoms with van der Waals surface area (Å²) < 4.78 is 0. The topological polar surface area (TPSA) is 0 Å². The number of hydrogen-bond donors (Lipinski definition) is 0. The van der Waals surface area contributed by atoms with Crippen LogP contribution in [0.2, 0.25) is 0 Å². The van der Waals surface area contributed by atoms with Gasteiger partial charge in [-0.1, -0.05) is 85.0 Å². The van der Waals surface area contributed by atoms with Gasteiger partial charge in [-0.05, 0) is 60.9 Å². The highest BCUT2D eigenvalue weighted by atomic mass is 32.1. The van der Waals surface area contributed by atoms with Crippen LogP contribution < -0.4 is 0 Å². The molecule has 0 saturated carbocycles. The molecule has 26 heavy (non-hydrogen) atoms. The lowest BCUT2D eigenvalue weighted by atomic mass is 9.93. The second kappa shape index (κ2) is 9.34. The molecule has 1 aromatic rings. The van der Waals surface area contributed by atoms with Gasteiger partial charge in [-0.3, -0.25) is 0 Å². The van der Waals surface area contributed by atoms with E-state index in [1.807, 2.05) is 0 Å². The van der Waals surface area contributed by atoms with E-state index in [4.69, 9.17) is 24.4 Å². The van der Waals surface area contributed by atoms with E-state index in [0.717, 1.165) is 54.7 Å². The molecule has 1 aromatic carbocycles. The van der Waals surface area contributed by atoms with Crippen LogP contribution in [0.15, 0.2) is 65.8 Å². The first-order chi connectivity index (χ1) is 12.6. The zero-order chi connectivity index (χ0) is 18.4. The van der Waals surface area contributed by atoms with Crippen molar-refractivity contribution in [2.75, 3.05) is 0 Å². The van der Waals surface area contributed by atoms with Gasteiger partial charge in [0.1, 0.15) is 0 Å². The van der Waals surface area contributed by atoms with Crippen LogP contribution >= 0.6 is 24.4 Å². The summed E-state index contributed by atoms with van der Waals surface area (Å²) in [4.78, 5) is 2.08. The summed E-state index contributed by atoms with van der Waals surface area (Å²) in [5, 5.41) is 0. The second-order valence-corrected chi connectivity index (χ2v) is 8.07. The van der Waals surface area contributed by atoms with E-state index in [1.165, 1.54) is 27.8 Å². The molecule has 0 saturated heterocycles. The molecular weight excluding hydrogens is 352 g/mol. The standard InChI is InChI=1S/C24H26S2/c1-2-21-17-20(4-3-18-7-13-23(25)14-8-18)6-12-22(21)11-5-19-9-15-24(26)16-10-19/h6-10,12-13,15,17H,2-5,11,14,16H2,1H3. The predicted molar refractivity (Wildman–Crippen MR) is 121 cm³/mol. The Morgan fingerprint density at radius 1 is 0.731 bits per heavy atom. The van der Waals surface area contributed by atoms with E-state index in [9.17, 15) is 0 Å². The van der Waals surface area contributed by atoms with E-state index in [0.29, 0.717) is 0 Å². The average Bonchev–Trinajstić information content (AvgIpc) is 2.67. The molecule has 0 aromatic heterocycles. The molecule has 2 heteroatoms. The van der Waals surface area contributed by atoms with E-state index >= 15 is 0 Å². The van der Waals surface area contributed by atoms with E-state index in [-0.39, 0.29) is 0 Å². The van der Waals surface area contributed by atoms with Gasteiger partial charge in [0.15, 0.2) is 0 Å². The van der Waals surface area contributed by atoms with Crippen LogP contribution in [-0.2, 0) is 19.3 Å². The Bertz CT molecular complexity index is 819. The summed E-state index contributed by atoms with van der Waals surface area (Å²) in [5.41, 5.74) is 7.25. The third-order valence-corrected chi connectivity index (χ3v) is 5.74. The van der Waals surface area contributed by atoms with Crippen molar-refractivity contribution in [2.45, 2.75) is 51.9 Å². The zero-order valence-electron chi connectivity index (χ0n) is 15.5. The largest absolute Gasteiger partial charge is 0.0846 e. The zero-order valence-corrected chi connectivity index (χ0v) is 17.1. The molecule has 2 aliphatic rings. The van der Waals surface area contributed by atoms with Crippen LogP contribution in [0.1, 0.15) is 49.3 Å². The minimum Gasteiger partial charge on any atom is -0.0846 e. The lowest BCUT2D eigenvalue weighted by molar-refractivity contribution is 0.912. The molecule has 0 fully saturated rings. The summed E-state index contributed by atoms with van der Waals surface area (Å²) in [6.07, 6.45) is 20.4. The van der Waals surface area contributed by atoms with Gasteiger partial charge >= 0.3 is 0 Å². The Morgan fingerprint density at radius 3 is 1.88 bits per heavy atom. The van der Waals surface area contributed by atoms with Crippen molar-refractivity contribution in [3.05, 3.63) is 82.5 Å². The normalized spacial score (nSPS) is 16.7. The number of hydrogen-bond acceptors (Lipinski definition) is 2. The first kappa shape index (κ1) is 19.1. The first-order valence-electron chi connectivity index (χ1n) is 9.54. The monoisotopic (exact) mass is 378 g/mol. The fourth-order valence-corrected chi connectivity index (χ4v) is 3.78. The van der Waals surface area contributed by atoms with Crippen molar-refractivity contribution in [2.24, 2.45) is 0 Å². The average molecular weight is 379 g/mol. The van der Waals surface area contributed by atoms with Crippen LogP contribution in [-0.4, -0.2) is 9.73 Å². The molecule has 134 valence electrons. The van der Waals surface area contributed by atoms with Gasteiger partial charge in [0, 0.05) is 22.6 Å². The summed E-state index contributed by atoms with van der Waals surface area (Å²) in [7, 11) is 0. The maximum atomic E-state index is 5.22. The molecule has 0 N–H and O–H groups in total. The summed E-state index contributed by atoms with van der Waals surface area (Å²) in [6.45, 7) is 2.26. The minimum atomic E-state index is 0.926. The molecule has 0 radical (unpaired) electrons. The number of aryl methyl sites for hydroxylation is 3. The molecular formula is C24H26S2. The Morgan fingerprint density at radius 2 is 1.35 bits per heavy atom. The minimum absolute atomic E-state index is 0.926. The number of rotatable bonds is 7. The Hall–Kier alpha value is -1.64. The maximum Gasteiger partial charge on any atom is 0.0190 e. The number of benzene rings is 1. The predicted octanol–water partition coefficient (Wildman–Crippen LogP) is 6.63. The Labute approximate surface area is 168 Å². The van der Waals surface area contributed by atoms with Gasteiger partial charge in [-0.2, -0.15) is 0 Å². The van der Waals surface area contributed by atoms with Gasteiger partial charge in [-0.25, -0.2) is 0 Å². The second-order valence-electron chi connectivity index (χ2n) is 7.02. The molecule has 0 nitrogen and oxygen atoms in total.